The van der Waals surface area contributed by atoms with Crippen LogP contribution in [0.15, 0.2) is 68.5 Å². The first-order valence-corrected chi connectivity index (χ1v) is 7.72. The number of aromatic nitrogens is 1. The third kappa shape index (κ3) is 5.00. The summed E-state index contributed by atoms with van der Waals surface area (Å²) in [5.41, 5.74) is 0.683. The van der Waals surface area contributed by atoms with E-state index in [0.717, 1.165) is 10.2 Å². The number of aromatic hydroxyl groups is 1. The van der Waals surface area contributed by atoms with Gasteiger partial charge in [0.15, 0.2) is 0 Å². The lowest BCUT2D eigenvalue weighted by molar-refractivity contribution is 0.436. The van der Waals surface area contributed by atoms with Gasteiger partial charge in [0.05, 0.1) is 11.3 Å². The van der Waals surface area contributed by atoms with Crippen molar-refractivity contribution in [2.45, 2.75) is 6.92 Å². The van der Waals surface area contributed by atoms with E-state index in [1.807, 2.05) is 42.6 Å². The fourth-order valence-electron chi connectivity index (χ4n) is 1.69. The van der Waals surface area contributed by atoms with E-state index in [-0.39, 0.29) is 11.3 Å². The van der Waals surface area contributed by atoms with E-state index in [0.29, 0.717) is 5.76 Å². The van der Waals surface area contributed by atoms with E-state index in [2.05, 4.69) is 20.9 Å². The molecule has 0 amide bonds. The molecule has 5 heteroatoms. The van der Waals surface area contributed by atoms with Crippen molar-refractivity contribution in [3.8, 4) is 5.75 Å². The van der Waals surface area contributed by atoms with Crippen LogP contribution in [0.3, 0.4) is 0 Å². The first-order chi connectivity index (χ1) is 11.1. The number of rotatable bonds is 5. The van der Waals surface area contributed by atoms with Gasteiger partial charge in [-0.05, 0) is 41.1 Å². The zero-order valence-corrected chi connectivity index (χ0v) is 14.1. The van der Waals surface area contributed by atoms with Gasteiger partial charge in [0.1, 0.15) is 11.5 Å². The Morgan fingerprint density at radius 3 is 2.39 bits per heavy atom. The summed E-state index contributed by atoms with van der Waals surface area (Å²) in [5, 5.41) is 9.54. The van der Waals surface area contributed by atoms with Crippen LogP contribution < -0.4 is 5.63 Å². The number of hydrogen-bond acceptors (Lipinski definition) is 3. The highest BCUT2D eigenvalue weighted by Crippen LogP contribution is 2.16. The van der Waals surface area contributed by atoms with Crippen molar-refractivity contribution in [2.75, 3.05) is 0 Å². The van der Waals surface area contributed by atoms with Crippen LogP contribution in [0.4, 0.5) is 0 Å². The van der Waals surface area contributed by atoms with E-state index >= 15 is 0 Å². The minimum Gasteiger partial charge on any atom is -0.507 e. The topological polar surface area (TPSA) is 66.2 Å². The van der Waals surface area contributed by atoms with Gasteiger partial charge in [-0.25, -0.2) is 4.79 Å². The minimum atomic E-state index is -0.533. The smallest absolute Gasteiger partial charge is 0.342 e. The zero-order valence-electron chi connectivity index (χ0n) is 12.5. The quantitative estimate of drug-likeness (QED) is 0.753. The van der Waals surface area contributed by atoms with Gasteiger partial charge in [0, 0.05) is 16.7 Å². The Bertz CT molecular complexity index is 838. The maximum atomic E-state index is 11.4. The van der Waals surface area contributed by atoms with Crippen molar-refractivity contribution in [1.29, 1.82) is 0 Å². The summed E-state index contributed by atoms with van der Waals surface area (Å²) in [6.45, 7) is 1.51. The van der Waals surface area contributed by atoms with Gasteiger partial charge in [-0.1, -0.05) is 36.5 Å². The van der Waals surface area contributed by atoms with Crippen molar-refractivity contribution in [3.63, 3.8) is 0 Å². The molecule has 2 rings (SSSR count). The Hall–Kier alpha value is -2.53. The summed E-state index contributed by atoms with van der Waals surface area (Å²) in [5.74, 6) is 0.244. The lowest BCUT2D eigenvalue weighted by Crippen LogP contribution is -2.03. The second kappa shape index (κ2) is 8.19. The molecule has 2 aromatic heterocycles. The van der Waals surface area contributed by atoms with Crippen LogP contribution in [0.2, 0.25) is 0 Å². The van der Waals surface area contributed by atoms with Crippen LogP contribution >= 0.6 is 15.9 Å². The fourth-order valence-corrected chi connectivity index (χ4v) is 2.07. The maximum absolute atomic E-state index is 11.4. The third-order valence-electron chi connectivity index (χ3n) is 2.98. The summed E-state index contributed by atoms with van der Waals surface area (Å²) in [6.07, 6.45) is 16.5. The number of halogens is 1. The largest absolute Gasteiger partial charge is 0.507 e. The molecular weight excluding hydrogens is 358 g/mol. The highest BCUT2D eigenvalue weighted by molar-refractivity contribution is 9.10. The van der Waals surface area contributed by atoms with Crippen molar-refractivity contribution in [3.05, 3.63) is 86.7 Å². The van der Waals surface area contributed by atoms with E-state index in [9.17, 15) is 9.90 Å². The Morgan fingerprint density at radius 2 is 1.78 bits per heavy atom. The third-order valence-corrected chi connectivity index (χ3v) is 3.68. The number of nitrogens with one attached hydrogen (secondary N) is 1. The summed E-state index contributed by atoms with van der Waals surface area (Å²) in [7, 11) is 0. The zero-order chi connectivity index (χ0) is 16.7. The standard InChI is InChI=1S/C18H16BrNO3/c1-13-17(21)12-14(23-18(13)22)8-6-4-2-3-5-7-9-16-15(19)10-11-20-16/h2-12,20-21H,1H3/b4-2+,5-3+,8-6+,9-7+. The van der Waals surface area contributed by atoms with Crippen molar-refractivity contribution < 1.29 is 9.52 Å². The van der Waals surface area contributed by atoms with Gasteiger partial charge >= 0.3 is 5.63 Å². The second-order valence-corrected chi connectivity index (χ2v) is 5.53. The molecule has 0 bridgehead atoms. The highest BCUT2D eigenvalue weighted by atomic mass is 79.9. The number of allylic oxidation sites excluding steroid dienone is 6. The van der Waals surface area contributed by atoms with Crippen LogP contribution in [-0.2, 0) is 0 Å². The Balaban J connectivity index is 1.89. The van der Waals surface area contributed by atoms with Gasteiger partial charge < -0.3 is 14.5 Å². The average molecular weight is 374 g/mol. The van der Waals surface area contributed by atoms with E-state index < -0.39 is 5.63 Å². The molecule has 2 N–H and O–H groups in total. The molecule has 4 nitrogen and oxygen atoms in total. The SMILES string of the molecule is Cc1c(O)cc(/C=C/C=C/C=C/C=C/c2[nH]ccc2Br)oc1=O. The molecule has 0 aliphatic carbocycles. The molecule has 2 aromatic rings. The summed E-state index contributed by atoms with van der Waals surface area (Å²) in [4.78, 5) is 14.5. The summed E-state index contributed by atoms with van der Waals surface area (Å²) < 4.78 is 6.03. The fraction of sp³-hybridized carbons (Fsp3) is 0.0556. The lowest BCUT2D eigenvalue weighted by atomic mass is 10.2. The lowest BCUT2D eigenvalue weighted by Gasteiger charge is -1.97. The Labute approximate surface area is 142 Å². The molecule has 0 saturated carbocycles. The molecule has 0 atom stereocenters. The van der Waals surface area contributed by atoms with E-state index in [1.54, 1.807) is 18.2 Å². The predicted molar refractivity (Wildman–Crippen MR) is 96.2 cm³/mol. The molecule has 0 saturated heterocycles. The van der Waals surface area contributed by atoms with Crippen molar-refractivity contribution in [2.24, 2.45) is 0 Å². The van der Waals surface area contributed by atoms with Gasteiger partial charge in [-0.3, -0.25) is 0 Å². The molecule has 0 radical (unpaired) electrons. The van der Waals surface area contributed by atoms with Crippen LogP contribution in [-0.4, -0.2) is 10.1 Å². The van der Waals surface area contributed by atoms with E-state index in [1.165, 1.54) is 13.0 Å². The highest BCUT2D eigenvalue weighted by Gasteiger charge is 2.03. The normalized spacial score (nSPS) is 12.4. The average Bonchev–Trinajstić information content (AvgIpc) is 2.92. The molecule has 2 heterocycles. The molecule has 0 aliphatic heterocycles. The number of H-pyrrole nitrogens is 1. The molecule has 118 valence electrons. The molecule has 0 spiro atoms. The molecule has 0 aromatic carbocycles. The monoisotopic (exact) mass is 373 g/mol. The van der Waals surface area contributed by atoms with Crippen LogP contribution in [0.5, 0.6) is 5.75 Å². The van der Waals surface area contributed by atoms with Crippen LogP contribution in [0.25, 0.3) is 12.2 Å². The minimum absolute atomic E-state index is 0.0645. The van der Waals surface area contributed by atoms with Crippen molar-refractivity contribution >= 4 is 28.1 Å². The first kappa shape index (κ1) is 16.8. The van der Waals surface area contributed by atoms with Crippen LogP contribution in [0, 0.1) is 6.92 Å². The Morgan fingerprint density at radius 1 is 1.13 bits per heavy atom. The van der Waals surface area contributed by atoms with Gasteiger partial charge in [-0.15, -0.1) is 0 Å². The summed E-state index contributed by atoms with van der Waals surface area (Å²) in [6, 6.07) is 3.35. The summed E-state index contributed by atoms with van der Waals surface area (Å²) >= 11 is 3.43. The van der Waals surface area contributed by atoms with E-state index in [4.69, 9.17) is 4.42 Å². The molecule has 23 heavy (non-hydrogen) atoms. The molecule has 0 aliphatic rings. The molecular formula is C18H16BrNO3. The second-order valence-electron chi connectivity index (χ2n) is 4.67. The van der Waals surface area contributed by atoms with Gasteiger partial charge in [-0.2, -0.15) is 0 Å². The van der Waals surface area contributed by atoms with Gasteiger partial charge in [0.2, 0.25) is 0 Å². The first-order valence-electron chi connectivity index (χ1n) is 6.92. The van der Waals surface area contributed by atoms with Crippen LogP contribution in [0.1, 0.15) is 17.0 Å². The number of hydrogen-bond donors (Lipinski definition) is 2. The number of aromatic amines is 1. The van der Waals surface area contributed by atoms with Gasteiger partial charge in [0.25, 0.3) is 0 Å². The predicted octanol–water partition coefficient (Wildman–Crippen LogP) is 4.58. The molecule has 0 unspecified atom stereocenters. The maximum Gasteiger partial charge on any atom is 0.342 e. The Kier molecular flexibility index (Phi) is 6.00. The van der Waals surface area contributed by atoms with Crippen molar-refractivity contribution in [1.82, 2.24) is 4.98 Å². The molecule has 0 fully saturated rings.